The molecule has 0 saturated heterocycles. The number of amides is 1. The van der Waals surface area contributed by atoms with Crippen LogP contribution < -0.4 is 0 Å². The molecule has 1 N–H and O–H groups in total. The van der Waals surface area contributed by atoms with Crippen LogP contribution in [0.2, 0.25) is 5.02 Å². The summed E-state index contributed by atoms with van der Waals surface area (Å²) in [6, 6.07) is -0.925. The highest BCUT2D eigenvalue weighted by Gasteiger charge is 2.52. The summed E-state index contributed by atoms with van der Waals surface area (Å²) in [5, 5.41) is 18.8. The number of aryl methyl sites for hydroxylation is 1. The number of alkyl halides is 2. The van der Waals surface area contributed by atoms with Crippen LogP contribution in [0.25, 0.3) is 0 Å². The Morgan fingerprint density at radius 1 is 1.41 bits per heavy atom. The molecule has 0 saturated carbocycles. The van der Waals surface area contributed by atoms with Crippen LogP contribution in [0.5, 0.6) is 0 Å². The summed E-state index contributed by atoms with van der Waals surface area (Å²) >= 11 is 6.03. The second-order valence-electron chi connectivity index (χ2n) is 5.45. The van der Waals surface area contributed by atoms with E-state index in [0.29, 0.717) is 21.4 Å². The Balaban J connectivity index is 2.36. The summed E-state index contributed by atoms with van der Waals surface area (Å²) in [4.78, 5) is 12.5. The number of hydrazone groups is 1. The van der Waals surface area contributed by atoms with Crippen LogP contribution in [0.4, 0.5) is 8.78 Å². The molecule has 2 unspecified atom stereocenters. The van der Waals surface area contributed by atoms with Gasteiger partial charge in [-0.25, -0.2) is 8.78 Å². The maximum absolute atomic E-state index is 13.2. The zero-order chi connectivity index (χ0) is 16.8. The van der Waals surface area contributed by atoms with Crippen LogP contribution in [-0.2, 0) is 4.79 Å². The number of aromatic nitrogens is 2. The Kier molecular flexibility index (Phi) is 4.27. The van der Waals surface area contributed by atoms with Gasteiger partial charge >= 0.3 is 0 Å². The van der Waals surface area contributed by atoms with Crippen molar-refractivity contribution in [2.24, 2.45) is 5.10 Å². The summed E-state index contributed by atoms with van der Waals surface area (Å²) in [5.41, 5.74) is -1.28. The van der Waals surface area contributed by atoms with E-state index in [1.165, 1.54) is 18.5 Å². The van der Waals surface area contributed by atoms with E-state index in [4.69, 9.17) is 11.6 Å². The largest absolute Gasteiger partial charge is 0.364 e. The lowest BCUT2D eigenvalue weighted by atomic mass is 10.1. The molecule has 0 aromatic carbocycles. The monoisotopic (exact) mass is 334 g/mol. The molecule has 1 aliphatic heterocycles. The van der Waals surface area contributed by atoms with Gasteiger partial charge in [0.25, 0.3) is 12.3 Å². The summed E-state index contributed by atoms with van der Waals surface area (Å²) in [6.45, 7) is 6.32. The van der Waals surface area contributed by atoms with Gasteiger partial charge in [-0.1, -0.05) is 11.6 Å². The van der Waals surface area contributed by atoms with Gasteiger partial charge in [-0.15, -0.1) is 0 Å². The number of hydrogen-bond donors (Lipinski definition) is 1. The molecule has 2 heterocycles. The summed E-state index contributed by atoms with van der Waals surface area (Å²) in [6.07, 6.45) is -3.52. The van der Waals surface area contributed by atoms with Gasteiger partial charge in [-0.3, -0.25) is 9.48 Å². The number of aliphatic hydroxyl groups is 1. The molecule has 2 rings (SSSR count). The molecule has 1 aliphatic rings. The molecular weight excluding hydrogens is 318 g/mol. The minimum Gasteiger partial charge on any atom is -0.364 e. The highest BCUT2D eigenvalue weighted by atomic mass is 35.5. The zero-order valence-corrected chi connectivity index (χ0v) is 13.4. The van der Waals surface area contributed by atoms with E-state index in [1.54, 1.807) is 13.8 Å². The maximum Gasteiger partial charge on any atom is 0.287 e. The van der Waals surface area contributed by atoms with Gasteiger partial charge < -0.3 is 5.11 Å². The standard InChI is InChI=1S/C13H17ClF2N4O2/c1-6-5-13(22,12(15)16)20(17-6)11(21)9(4)19-8(3)10(14)7(2)18-19/h9,12,22H,5H2,1-4H3. The topological polar surface area (TPSA) is 70.7 Å². The molecule has 22 heavy (non-hydrogen) atoms. The van der Waals surface area contributed by atoms with E-state index in [-0.39, 0.29) is 12.1 Å². The lowest BCUT2D eigenvalue weighted by Crippen LogP contribution is -2.53. The van der Waals surface area contributed by atoms with Crippen molar-refractivity contribution in [3.8, 4) is 0 Å². The Morgan fingerprint density at radius 2 is 2.00 bits per heavy atom. The van der Waals surface area contributed by atoms with E-state index in [0.717, 1.165) is 0 Å². The van der Waals surface area contributed by atoms with Crippen LogP contribution in [0.1, 0.15) is 37.7 Å². The number of carbonyl (C=O) groups is 1. The molecule has 0 radical (unpaired) electrons. The van der Waals surface area contributed by atoms with Crippen molar-refractivity contribution in [3.63, 3.8) is 0 Å². The number of rotatable bonds is 3. The Morgan fingerprint density at radius 3 is 2.45 bits per heavy atom. The van der Waals surface area contributed by atoms with Crippen LogP contribution in [-0.4, -0.2) is 43.7 Å². The van der Waals surface area contributed by atoms with Gasteiger partial charge in [-0.05, 0) is 27.7 Å². The van der Waals surface area contributed by atoms with E-state index >= 15 is 0 Å². The van der Waals surface area contributed by atoms with Gasteiger partial charge in [0, 0.05) is 12.1 Å². The van der Waals surface area contributed by atoms with Crippen molar-refractivity contribution >= 4 is 23.2 Å². The molecule has 1 aromatic rings. The van der Waals surface area contributed by atoms with Gasteiger partial charge in [-0.2, -0.15) is 15.2 Å². The first kappa shape index (κ1) is 16.8. The Hall–Kier alpha value is -1.54. The molecular formula is C13H17ClF2N4O2. The Labute approximate surface area is 131 Å². The minimum absolute atomic E-state index is 0.259. The Bertz CT molecular complexity index is 646. The van der Waals surface area contributed by atoms with Gasteiger partial charge in [0.05, 0.1) is 16.4 Å². The molecule has 2 atom stereocenters. The number of nitrogens with zero attached hydrogens (tertiary/aromatic N) is 4. The highest BCUT2D eigenvalue weighted by molar-refractivity contribution is 6.31. The smallest absolute Gasteiger partial charge is 0.287 e. The minimum atomic E-state index is -3.13. The average molecular weight is 335 g/mol. The van der Waals surface area contributed by atoms with E-state index < -0.39 is 24.1 Å². The SMILES string of the molecule is CC1=NN(C(=O)C(C)n2nc(C)c(Cl)c2C)C(O)(C(F)F)C1. The second-order valence-corrected chi connectivity index (χ2v) is 5.82. The summed E-state index contributed by atoms with van der Waals surface area (Å²) < 4.78 is 27.7. The third-order valence-corrected chi connectivity index (χ3v) is 4.22. The second kappa shape index (κ2) is 5.58. The third-order valence-electron chi connectivity index (χ3n) is 3.67. The molecule has 9 heteroatoms. The van der Waals surface area contributed by atoms with E-state index in [9.17, 15) is 18.7 Å². The third kappa shape index (κ3) is 2.50. The van der Waals surface area contributed by atoms with Crippen molar-refractivity contribution in [1.29, 1.82) is 0 Å². The molecule has 0 fully saturated rings. The van der Waals surface area contributed by atoms with Crippen molar-refractivity contribution < 1.29 is 18.7 Å². The fourth-order valence-electron chi connectivity index (χ4n) is 2.46. The van der Waals surface area contributed by atoms with Gasteiger partial charge in [0.1, 0.15) is 6.04 Å². The predicted octanol–water partition coefficient (Wildman–Crippen LogP) is 2.28. The van der Waals surface area contributed by atoms with Crippen LogP contribution in [0.15, 0.2) is 5.10 Å². The van der Waals surface area contributed by atoms with Crippen LogP contribution in [0, 0.1) is 13.8 Å². The molecule has 0 spiro atoms. The fourth-order valence-corrected chi connectivity index (χ4v) is 2.58. The molecule has 122 valence electrons. The quantitative estimate of drug-likeness (QED) is 0.921. The van der Waals surface area contributed by atoms with E-state index in [1.807, 2.05) is 0 Å². The average Bonchev–Trinajstić information content (AvgIpc) is 2.89. The fraction of sp³-hybridized carbons (Fsp3) is 0.615. The number of hydrogen-bond acceptors (Lipinski definition) is 4. The van der Waals surface area contributed by atoms with Crippen molar-refractivity contribution in [1.82, 2.24) is 14.8 Å². The number of carbonyl (C=O) groups excluding carboxylic acids is 1. The van der Waals surface area contributed by atoms with Crippen LogP contribution >= 0.6 is 11.6 Å². The lowest BCUT2D eigenvalue weighted by Gasteiger charge is -2.31. The lowest BCUT2D eigenvalue weighted by molar-refractivity contribution is -0.194. The molecule has 1 aromatic heterocycles. The number of halogens is 3. The first-order chi connectivity index (χ1) is 10.1. The predicted molar refractivity (Wildman–Crippen MR) is 76.9 cm³/mol. The zero-order valence-electron chi connectivity index (χ0n) is 12.6. The first-order valence-corrected chi connectivity index (χ1v) is 7.07. The normalized spacial score (nSPS) is 23.1. The van der Waals surface area contributed by atoms with Gasteiger partial charge in [0.2, 0.25) is 5.72 Å². The molecule has 1 amide bonds. The first-order valence-electron chi connectivity index (χ1n) is 6.69. The molecule has 0 aliphatic carbocycles. The van der Waals surface area contributed by atoms with Gasteiger partial charge in [0.15, 0.2) is 0 Å². The molecule has 6 nitrogen and oxygen atoms in total. The highest BCUT2D eigenvalue weighted by Crippen LogP contribution is 2.33. The summed E-state index contributed by atoms with van der Waals surface area (Å²) in [7, 11) is 0. The van der Waals surface area contributed by atoms with Crippen molar-refractivity contribution in [3.05, 3.63) is 16.4 Å². The van der Waals surface area contributed by atoms with E-state index in [2.05, 4.69) is 10.2 Å². The van der Waals surface area contributed by atoms with Crippen molar-refractivity contribution in [2.45, 2.75) is 52.3 Å². The van der Waals surface area contributed by atoms with Crippen molar-refractivity contribution in [2.75, 3.05) is 0 Å². The van der Waals surface area contributed by atoms with Crippen LogP contribution in [0.3, 0.4) is 0 Å². The molecule has 0 bridgehead atoms. The summed E-state index contributed by atoms with van der Waals surface area (Å²) in [5.74, 6) is -0.776. The maximum atomic E-state index is 13.2.